The summed E-state index contributed by atoms with van der Waals surface area (Å²) in [6.07, 6.45) is 2.05. The second-order valence-electron chi connectivity index (χ2n) is 7.36. The standard InChI is InChI=1S/C25H26N3/c1-20-24(18-26)27-19-28(20,2)25(21-12-6-3-7-13-21,22-14-8-4-9-15-22)23-16-10-5-11-17-23/h3-17,19H,18,26H2,1-2H3/q+1. The molecule has 1 unspecified atom stereocenters. The molecule has 0 fully saturated rings. The van der Waals surface area contributed by atoms with Gasteiger partial charge in [0.15, 0.2) is 11.9 Å². The molecule has 0 spiro atoms. The van der Waals surface area contributed by atoms with Gasteiger partial charge in [0, 0.05) is 30.2 Å². The number of quaternary nitrogens is 1. The van der Waals surface area contributed by atoms with E-state index >= 15 is 0 Å². The first-order chi connectivity index (χ1) is 13.6. The topological polar surface area (TPSA) is 38.4 Å². The van der Waals surface area contributed by atoms with Crippen molar-refractivity contribution in [3.05, 3.63) is 119 Å². The highest BCUT2D eigenvalue weighted by Crippen LogP contribution is 2.49. The SMILES string of the molecule is CC1=C(CN)N=C[N+]1(C)C(c1ccccc1)(c1ccccc1)c1ccccc1. The summed E-state index contributed by atoms with van der Waals surface area (Å²) in [5, 5.41) is 0. The summed E-state index contributed by atoms with van der Waals surface area (Å²) in [7, 11) is 2.23. The van der Waals surface area contributed by atoms with Crippen molar-refractivity contribution >= 4 is 6.34 Å². The van der Waals surface area contributed by atoms with Crippen LogP contribution >= 0.6 is 0 Å². The average Bonchev–Trinajstić information content (AvgIpc) is 3.06. The molecule has 0 radical (unpaired) electrons. The molecule has 140 valence electrons. The smallest absolute Gasteiger partial charge is 0.196 e. The van der Waals surface area contributed by atoms with E-state index in [1.807, 2.05) is 6.34 Å². The predicted molar refractivity (Wildman–Crippen MR) is 116 cm³/mol. The second kappa shape index (κ2) is 7.19. The molecule has 1 aliphatic rings. The van der Waals surface area contributed by atoms with E-state index in [9.17, 15) is 0 Å². The first kappa shape index (κ1) is 18.4. The predicted octanol–water partition coefficient (Wildman–Crippen LogP) is 4.66. The zero-order valence-electron chi connectivity index (χ0n) is 16.4. The van der Waals surface area contributed by atoms with Crippen molar-refractivity contribution < 1.29 is 4.48 Å². The highest BCUT2D eigenvalue weighted by molar-refractivity contribution is 5.61. The van der Waals surface area contributed by atoms with E-state index < -0.39 is 5.54 Å². The van der Waals surface area contributed by atoms with Gasteiger partial charge in [-0.3, -0.25) is 0 Å². The molecule has 0 aliphatic carbocycles. The molecule has 3 aromatic rings. The molecule has 4 rings (SSSR count). The molecule has 0 saturated carbocycles. The zero-order valence-corrected chi connectivity index (χ0v) is 16.4. The summed E-state index contributed by atoms with van der Waals surface area (Å²) in [4.78, 5) is 4.73. The summed E-state index contributed by atoms with van der Waals surface area (Å²) >= 11 is 0. The maximum atomic E-state index is 6.02. The van der Waals surface area contributed by atoms with Crippen molar-refractivity contribution in [2.24, 2.45) is 10.7 Å². The lowest BCUT2D eigenvalue weighted by Crippen LogP contribution is -2.58. The van der Waals surface area contributed by atoms with Crippen LogP contribution in [-0.4, -0.2) is 24.4 Å². The molecule has 28 heavy (non-hydrogen) atoms. The van der Waals surface area contributed by atoms with Crippen molar-refractivity contribution in [1.29, 1.82) is 0 Å². The molecule has 0 saturated heterocycles. The normalized spacial score (nSPS) is 19.2. The van der Waals surface area contributed by atoms with Crippen molar-refractivity contribution in [1.82, 2.24) is 0 Å². The first-order valence-electron chi connectivity index (χ1n) is 9.63. The minimum atomic E-state index is -0.478. The highest BCUT2D eigenvalue weighted by atomic mass is 15.4. The summed E-state index contributed by atoms with van der Waals surface area (Å²) in [5.41, 5.74) is 11.3. The first-order valence-corrected chi connectivity index (χ1v) is 9.63. The van der Waals surface area contributed by atoms with E-state index in [0.29, 0.717) is 11.0 Å². The number of rotatable bonds is 5. The monoisotopic (exact) mass is 368 g/mol. The molecular weight excluding hydrogens is 342 g/mol. The Morgan fingerprint density at radius 1 is 0.750 bits per heavy atom. The molecule has 2 N–H and O–H groups in total. The lowest BCUT2D eigenvalue weighted by molar-refractivity contribution is -0.824. The molecule has 3 nitrogen and oxygen atoms in total. The number of nitrogens with two attached hydrogens (primary N) is 1. The van der Waals surface area contributed by atoms with E-state index in [0.717, 1.165) is 5.70 Å². The van der Waals surface area contributed by atoms with Crippen LogP contribution in [0.1, 0.15) is 23.6 Å². The van der Waals surface area contributed by atoms with Crippen LogP contribution in [0.2, 0.25) is 0 Å². The van der Waals surface area contributed by atoms with Crippen LogP contribution in [-0.2, 0) is 5.54 Å². The van der Waals surface area contributed by atoms with Crippen molar-refractivity contribution in [3.8, 4) is 0 Å². The second-order valence-corrected chi connectivity index (χ2v) is 7.36. The third-order valence-corrected chi connectivity index (χ3v) is 6.02. The number of hydrogen-bond acceptors (Lipinski definition) is 2. The quantitative estimate of drug-likeness (QED) is 0.516. The van der Waals surface area contributed by atoms with Gasteiger partial charge in [-0.1, -0.05) is 91.0 Å². The van der Waals surface area contributed by atoms with Gasteiger partial charge in [-0.2, -0.15) is 0 Å². The van der Waals surface area contributed by atoms with E-state index in [1.54, 1.807) is 0 Å². The van der Waals surface area contributed by atoms with Crippen molar-refractivity contribution in [2.45, 2.75) is 12.5 Å². The van der Waals surface area contributed by atoms with E-state index in [4.69, 9.17) is 10.7 Å². The fourth-order valence-electron chi connectivity index (χ4n) is 4.51. The summed E-state index contributed by atoms with van der Waals surface area (Å²) in [6, 6.07) is 32.1. The van der Waals surface area contributed by atoms with E-state index in [2.05, 4.69) is 105 Å². The van der Waals surface area contributed by atoms with E-state index in [1.165, 1.54) is 22.4 Å². The molecule has 0 aromatic heterocycles. The third kappa shape index (κ3) is 2.55. The Bertz CT molecular complexity index is 911. The highest BCUT2D eigenvalue weighted by Gasteiger charge is 2.55. The van der Waals surface area contributed by atoms with Gasteiger partial charge in [-0.25, -0.2) is 9.48 Å². The fraction of sp³-hybridized carbons (Fsp3) is 0.160. The van der Waals surface area contributed by atoms with Crippen LogP contribution in [0.5, 0.6) is 0 Å². The van der Waals surface area contributed by atoms with Crippen LogP contribution in [0.4, 0.5) is 0 Å². The molecular formula is C25H26N3+. The molecule has 1 heterocycles. The molecule has 3 aromatic carbocycles. The minimum absolute atomic E-state index is 0.435. The van der Waals surface area contributed by atoms with Gasteiger partial charge in [0.05, 0.1) is 7.05 Å². The zero-order chi connectivity index (χ0) is 19.6. The van der Waals surface area contributed by atoms with Gasteiger partial charge in [0.25, 0.3) is 0 Å². The number of benzene rings is 3. The Kier molecular flexibility index (Phi) is 4.71. The van der Waals surface area contributed by atoms with Crippen molar-refractivity contribution in [3.63, 3.8) is 0 Å². The van der Waals surface area contributed by atoms with Gasteiger partial charge in [-0.05, 0) is 0 Å². The Labute approximate surface area is 167 Å². The Morgan fingerprint density at radius 2 is 1.14 bits per heavy atom. The van der Waals surface area contributed by atoms with Gasteiger partial charge in [0.2, 0.25) is 0 Å². The number of nitrogens with zero attached hydrogens (tertiary/aromatic N) is 2. The Balaban J connectivity index is 2.15. The van der Waals surface area contributed by atoms with Crippen molar-refractivity contribution in [2.75, 3.05) is 13.6 Å². The average molecular weight is 369 g/mol. The largest absolute Gasteiger partial charge is 0.325 e. The molecule has 1 atom stereocenters. The molecule has 0 amide bonds. The maximum Gasteiger partial charge on any atom is 0.196 e. The Hall–Kier alpha value is -3.01. The van der Waals surface area contributed by atoms with Crippen LogP contribution < -0.4 is 5.73 Å². The van der Waals surface area contributed by atoms with Gasteiger partial charge in [0.1, 0.15) is 11.4 Å². The fourth-order valence-corrected chi connectivity index (χ4v) is 4.51. The third-order valence-electron chi connectivity index (χ3n) is 6.02. The molecule has 3 heteroatoms. The maximum absolute atomic E-state index is 6.02. The van der Waals surface area contributed by atoms with Gasteiger partial charge < -0.3 is 5.73 Å². The summed E-state index contributed by atoms with van der Waals surface area (Å²) in [6.45, 7) is 2.59. The van der Waals surface area contributed by atoms with Gasteiger partial charge >= 0.3 is 0 Å². The summed E-state index contributed by atoms with van der Waals surface area (Å²) < 4.78 is 0.525. The molecule has 1 aliphatic heterocycles. The number of hydrogen-bond donors (Lipinski definition) is 1. The molecule has 0 bridgehead atoms. The van der Waals surface area contributed by atoms with Crippen LogP contribution in [0.25, 0.3) is 0 Å². The Morgan fingerprint density at radius 3 is 1.46 bits per heavy atom. The van der Waals surface area contributed by atoms with Gasteiger partial charge in [-0.15, -0.1) is 0 Å². The lowest BCUT2D eigenvalue weighted by Gasteiger charge is -2.47. The van der Waals surface area contributed by atoms with Crippen LogP contribution in [0.3, 0.4) is 0 Å². The summed E-state index contributed by atoms with van der Waals surface area (Å²) in [5.74, 6) is 0. The number of aliphatic imine (C=N–C) groups is 1. The van der Waals surface area contributed by atoms with Crippen LogP contribution in [0, 0.1) is 0 Å². The number of allylic oxidation sites excluding steroid dienone is 1. The van der Waals surface area contributed by atoms with E-state index in [-0.39, 0.29) is 0 Å². The minimum Gasteiger partial charge on any atom is -0.325 e. The lowest BCUT2D eigenvalue weighted by atomic mass is 9.74. The van der Waals surface area contributed by atoms with Crippen LogP contribution in [0.15, 0.2) is 107 Å².